The molecule has 1 heterocycles. The van der Waals surface area contributed by atoms with Crippen molar-refractivity contribution < 1.29 is 17.9 Å². The summed E-state index contributed by atoms with van der Waals surface area (Å²) in [6.07, 6.45) is 2.38. The number of nitrogens with one attached hydrogen (secondary N) is 1. The van der Waals surface area contributed by atoms with Gasteiger partial charge in [-0.1, -0.05) is 31.5 Å². The standard InChI is InChI=1S/C20H29N5O6S/c1-5-6-11-24-18(21)17(19(27)22-20(24)28)25(16(26)13-23(2)32(4,29)30)12-14-9-7-8-10-15(14)31-3/h7-10H,5-6,11-13,21H2,1-4H3,(H,22,27,28). The lowest BCUT2D eigenvalue weighted by Gasteiger charge is -2.27. The van der Waals surface area contributed by atoms with E-state index in [2.05, 4.69) is 4.98 Å². The highest BCUT2D eigenvalue weighted by Gasteiger charge is 2.27. The second-order valence-corrected chi connectivity index (χ2v) is 9.40. The van der Waals surface area contributed by atoms with Gasteiger partial charge in [0.1, 0.15) is 11.6 Å². The molecule has 2 aromatic rings. The number of nitrogen functional groups attached to an aromatic ring is 1. The zero-order chi connectivity index (χ0) is 24.1. The third-order valence-corrected chi connectivity index (χ3v) is 6.23. The number of hydrogen-bond donors (Lipinski definition) is 2. The van der Waals surface area contributed by atoms with Gasteiger partial charge in [0.05, 0.1) is 26.5 Å². The average molecular weight is 468 g/mol. The lowest BCUT2D eigenvalue weighted by molar-refractivity contribution is -0.118. The van der Waals surface area contributed by atoms with Crippen LogP contribution in [0.2, 0.25) is 0 Å². The summed E-state index contributed by atoms with van der Waals surface area (Å²) < 4.78 is 31.1. The number of carbonyl (C=O) groups excluding carboxylic acids is 1. The van der Waals surface area contributed by atoms with Crippen LogP contribution in [-0.4, -0.2) is 55.1 Å². The van der Waals surface area contributed by atoms with E-state index in [-0.39, 0.29) is 24.6 Å². The highest BCUT2D eigenvalue weighted by Crippen LogP contribution is 2.25. The van der Waals surface area contributed by atoms with Gasteiger partial charge in [0, 0.05) is 19.2 Å². The van der Waals surface area contributed by atoms with Gasteiger partial charge in [-0.25, -0.2) is 13.2 Å². The summed E-state index contributed by atoms with van der Waals surface area (Å²) in [7, 11) is -0.937. The van der Waals surface area contributed by atoms with Crippen LogP contribution in [-0.2, 0) is 27.9 Å². The number of benzene rings is 1. The molecule has 3 N–H and O–H groups in total. The number of nitrogens with zero attached hydrogens (tertiary/aromatic N) is 3. The number of para-hydroxylation sites is 1. The Hall–Kier alpha value is -3.12. The topological polar surface area (TPSA) is 148 Å². The Bertz CT molecular complexity index is 1190. The van der Waals surface area contributed by atoms with Crippen molar-refractivity contribution in [3.05, 3.63) is 50.7 Å². The van der Waals surface area contributed by atoms with Crippen LogP contribution in [0.1, 0.15) is 25.3 Å². The van der Waals surface area contributed by atoms with E-state index in [0.717, 1.165) is 21.9 Å². The molecule has 0 aliphatic rings. The highest BCUT2D eigenvalue weighted by molar-refractivity contribution is 7.88. The van der Waals surface area contributed by atoms with Gasteiger partial charge in [0.25, 0.3) is 5.56 Å². The molecule has 11 nitrogen and oxygen atoms in total. The molecule has 0 spiro atoms. The highest BCUT2D eigenvalue weighted by atomic mass is 32.2. The van der Waals surface area contributed by atoms with E-state index in [4.69, 9.17) is 10.5 Å². The van der Waals surface area contributed by atoms with Crippen molar-refractivity contribution in [3.8, 4) is 5.75 Å². The molecule has 0 saturated heterocycles. The fourth-order valence-electron chi connectivity index (χ4n) is 3.07. The van der Waals surface area contributed by atoms with Crippen molar-refractivity contribution in [2.24, 2.45) is 0 Å². The monoisotopic (exact) mass is 467 g/mol. The van der Waals surface area contributed by atoms with Crippen molar-refractivity contribution in [2.45, 2.75) is 32.9 Å². The Kier molecular flexibility index (Phi) is 8.22. The van der Waals surface area contributed by atoms with Crippen LogP contribution in [0.3, 0.4) is 0 Å². The molecule has 12 heteroatoms. The summed E-state index contributed by atoms with van der Waals surface area (Å²) in [4.78, 5) is 41.5. The Morgan fingerprint density at radius 2 is 1.91 bits per heavy atom. The molecule has 176 valence electrons. The molecule has 1 aromatic carbocycles. The normalized spacial score (nSPS) is 11.5. The number of carbonyl (C=O) groups is 1. The van der Waals surface area contributed by atoms with Gasteiger partial charge in [0.2, 0.25) is 15.9 Å². The fraction of sp³-hybridized carbons (Fsp3) is 0.450. The number of sulfonamides is 1. The van der Waals surface area contributed by atoms with Crippen molar-refractivity contribution in [2.75, 3.05) is 37.6 Å². The predicted molar refractivity (Wildman–Crippen MR) is 122 cm³/mol. The molecule has 0 atom stereocenters. The first-order valence-corrected chi connectivity index (χ1v) is 11.8. The van der Waals surface area contributed by atoms with Crippen molar-refractivity contribution in [3.63, 3.8) is 0 Å². The number of H-pyrrole nitrogens is 1. The van der Waals surface area contributed by atoms with Gasteiger partial charge in [-0.3, -0.25) is 24.0 Å². The van der Waals surface area contributed by atoms with E-state index in [0.29, 0.717) is 17.7 Å². The van der Waals surface area contributed by atoms with Crippen molar-refractivity contribution in [1.82, 2.24) is 13.9 Å². The maximum absolute atomic E-state index is 13.2. The van der Waals surface area contributed by atoms with Crippen LogP contribution >= 0.6 is 0 Å². The number of unbranched alkanes of at least 4 members (excludes halogenated alkanes) is 1. The van der Waals surface area contributed by atoms with Crippen molar-refractivity contribution in [1.29, 1.82) is 0 Å². The minimum Gasteiger partial charge on any atom is -0.496 e. The molecule has 0 unspecified atom stereocenters. The Morgan fingerprint density at radius 1 is 1.25 bits per heavy atom. The van der Waals surface area contributed by atoms with E-state index < -0.39 is 33.7 Å². The molecule has 0 aliphatic carbocycles. The van der Waals surface area contributed by atoms with Gasteiger partial charge in [-0.15, -0.1) is 0 Å². The average Bonchev–Trinajstić information content (AvgIpc) is 2.72. The largest absolute Gasteiger partial charge is 0.496 e. The summed E-state index contributed by atoms with van der Waals surface area (Å²) in [6.45, 7) is 1.54. The summed E-state index contributed by atoms with van der Waals surface area (Å²) in [5.41, 5.74) is 5.01. The van der Waals surface area contributed by atoms with Crippen LogP contribution < -0.4 is 26.6 Å². The number of likely N-dealkylation sites (N-methyl/N-ethyl adjacent to an activating group) is 1. The van der Waals surface area contributed by atoms with E-state index in [9.17, 15) is 22.8 Å². The van der Waals surface area contributed by atoms with Crippen LogP contribution in [0.15, 0.2) is 33.9 Å². The van der Waals surface area contributed by atoms with E-state index in [1.54, 1.807) is 24.3 Å². The first-order valence-electron chi connectivity index (χ1n) is 9.97. The molecule has 0 aliphatic heterocycles. The second kappa shape index (κ2) is 10.5. The molecule has 0 saturated carbocycles. The van der Waals surface area contributed by atoms with Gasteiger partial charge < -0.3 is 10.5 Å². The number of nitrogens with two attached hydrogens (primary N) is 1. The molecule has 0 fully saturated rings. The molecule has 1 aromatic heterocycles. The smallest absolute Gasteiger partial charge is 0.330 e. The molecule has 2 rings (SSSR count). The second-order valence-electron chi connectivity index (χ2n) is 7.31. The number of aromatic amines is 1. The van der Waals surface area contributed by atoms with Gasteiger partial charge in [0.15, 0.2) is 5.69 Å². The van der Waals surface area contributed by atoms with Crippen LogP contribution in [0.5, 0.6) is 5.75 Å². The Balaban J connectivity index is 2.64. The Morgan fingerprint density at radius 3 is 2.50 bits per heavy atom. The van der Waals surface area contributed by atoms with Crippen LogP contribution in [0, 0.1) is 0 Å². The summed E-state index contributed by atoms with van der Waals surface area (Å²) in [5, 5.41) is 0. The van der Waals surface area contributed by atoms with Crippen LogP contribution in [0.4, 0.5) is 11.5 Å². The third kappa shape index (κ3) is 5.77. The quantitative estimate of drug-likeness (QED) is 0.512. The van der Waals surface area contributed by atoms with Crippen LogP contribution in [0.25, 0.3) is 0 Å². The van der Waals surface area contributed by atoms with E-state index >= 15 is 0 Å². The molecule has 1 amide bonds. The lowest BCUT2D eigenvalue weighted by atomic mass is 10.1. The number of amides is 1. The number of aromatic nitrogens is 2. The minimum atomic E-state index is -3.66. The number of ether oxygens (including phenoxy) is 1. The zero-order valence-corrected chi connectivity index (χ0v) is 19.4. The lowest BCUT2D eigenvalue weighted by Crippen LogP contribution is -2.45. The SMILES string of the molecule is CCCCn1c(N)c(N(Cc2ccccc2OC)C(=O)CN(C)S(C)(=O)=O)c(=O)[nH]c1=O. The Labute approximate surface area is 186 Å². The minimum absolute atomic E-state index is 0.125. The maximum atomic E-state index is 13.2. The van der Waals surface area contributed by atoms with E-state index in [1.165, 1.54) is 18.7 Å². The molecule has 32 heavy (non-hydrogen) atoms. The van der Waals surface area contributed by atoms with Gasteiger partial charge in [-0.05, 0) is 12.5 Å². The maximum Gasteiger partial charge on any atom is 0.330 e. The van der Waals surface area contributed by atoms with Gasteiger partial charge >= 0.3 is 5.69 Å². The first kappa shape index (κ1) is 25.1. The number of methoxy groups -OCH3 is 1. The first-order chi connectivity index (χ1) is 15.0. The number of anilines is 2. The molecular weight excluding hydrogens is 438 g/mol. The van der Waals surface area contributed by atoms with Gasteiger partial charge in [-0.2, -0.15) is 4.31 Å². The number of hydrogen-bond acceptors (Lipinski definition) is 7. The summed E-state index contributed by atoms with van der Waals surface area (Å²) in [6, 6.07) is 6.88. The molecule has 0 bridgehead atoms. The molecule has 0 radical (unpaired) electrons. The fourth-order valence-corrected chi connectivity index (χ4v) is 3.41. The number of rotatable bonds is 10. The third-order valence-electron chi connectivity index (χ3n) is 4.97. The van der Waals surface area contributed by atoms with E-state index in [1.807, 2.05) is 6.92 Å². The predicted octanol–water partition coefficient (Wildman–Crippen LogP) is 0.352. The molecular formula is C20H29N5O6S. The zero-order valence-electron chi connectivity index (χ0n) is 18.6. The summed E-state index contributed by atoms with van der Waals surface area (Å²) >= 11 is 0. The van der Waals surface area contributed by atoms with Crippen molar-refractivity contribution >= 4 is 27.4 Å². The summed E-state index contributed by atoms with van der Waals surface area (Å²) in [5.74, 6) is -0.393.